The summed E-state index contributed by atoms with van der Waals surface area (Å²) in [6.45, 7) is 5.61. The normalized spacial score (nSPS) is 13.4. The number of hydrogen-bond donors (Lipinski definition) is 0. The van der Waals surface area contributed by atoms with Gasteiger partial charge in [-0.2, -0.15) is 0 Å². The van der Waals surface area contributed by atoms with E-state index in [0.29, 0.717) is 0 Å². The van der Waals surface area contributed by atoms with Crippen LogP contribution < -0.4 is 71.7 Å². The fraction of sp³-hybridized carbons (Fsp3) is 0.0118. The van der Waals surface area contributed by atoms with Crippen molar-refractivity contribution in [3.05, 3.63) is 346 Å². The molecule has 13 aromatic carbocycles. The summed E-state index contributed by atoms with van der Waals surface area (Å²) < 4.78 is 14.8. The second kappa shape index (κ2) is 22.8. The van der Waals surface area contributed by atoms with E-state index in [0.717, 1.165) is 142 Å². The van der Waals surface area contributed by atoms with Crippen LogP contribution in [0.4, 0.5) is 96.7 Å². The Morgan fingerprint density at radius 3 is 1.32 bits per heavy atom. The lowest BCUT2D eigenvalue weighted by Gasteiger charge is -2.47. The number of rotatable bonds is 12. The number of para-hydroxylation sites is 10. The summed E-state index contributed by atoms with van der Waals surface area (Å²) in [4.78, 5) is 14.6. The Kier molecular flexibility index (Phi) is 13.3. The minimum atomic E-state index is -0.343. The van der Waals surface area contributed by atoms with Gasteiger partial charge in [-0.05, 0) is 179 Å². The number of nitrogens with zero attached hydrogens (tertiary/aromatic N) is 6. The first-order chi connectivity index (χ1) is 47.0. The molecule has 5 aliphatic rings. The van der Waals surface area contributed by atoms with Crippen molar-refractivity contribution in [3.63, 3.8) is 0 Å². The number of allylic oxidation sites excluding steroid dienone is 5. The van der Waals surface area contributed by atoms with Gasteiger partial charge in [0, 0.05) is 91.8 Å². The van der Waals surface area contributed by atoms with Crippen LogP contribution in [0.1, 0.15) is 6.92 Å². The molecule has 5 heterocycles. The van der Waals surface area contributed by atoms with Crippen LogP contribution in [-0.2, 0) is 0 Å². The van der Waals surface area contributed by atoms with E-state index in [1.54, 1.807) is 0 Å². The van der Waals surface area contributed by atoms with Crippen LogP contribution in [0.3, 0.4) is 0 Å². The van der Waals surface area contributed by atoms with Crippen LogP contribution in [0, 0.1) is 0 Å². The van der Waals surface area contributed by atoms with Crippen molar-refractivity contribution < 1.29 is 9.47 Å². The molecule has 0 amide bonds. The van der Waals surface area contributed by atoms with E-state index in [-0.39, 0.29) is 13.4 Å². The van der Waals surface area contributed by atoms with Gasteiger partial charge >= 0.3 is 0 Å². The lowest BCUT2D eigenvalue weighted by atomic mass is 9.30. The van der Waals surface area contributed by atoms with Gasteiger partial charge < -0.3 is 38.9 Å². The molecular weight excluding hydrogens is 1160 g/mol. The molecule has 0 fully saturated rings. The number of hydrogen-bond acceptors (Lipinski definition) is 8. The van der Waals surface area contributed by atoms with E-state index < -0.39 is 0 Å². The monoisotopic (exact) mass is 1220 g/mol. The molecule has 5 aliphatic heterocycles. The van der Waals surface area contributed by atoms with Crippen LogP contribution in [0.5, 0.6) is 23.0 Å². The largest absolute Gasteiger partial charge is 0.458 e. The molecule has 13 aromatic rings. The maximum atomic E-state index is 7.66. The van der Waals surface area contributed by atoms with Crippen molar-refractivity contribution in [1.29, 1.82) is 0 Å². The van der Waals surface area contributed by atoms with Crippen molar-refractivity contribution in [3.8, 4) is 23.0 Å². The highest BCUT2D eigenvalue weighted by Crippen LogP contribution is 2.55. The molecule has 18 rings (SSSR count). The Balaban J connectivity index is 0.951. The van der Waals surface area contributed by atoms with Gasteiger partial charge in [-0.3, -0.25) is 0 Å². The third-order valence-corrected chi connectivity index (χ3v) is 19.0. The summed E-state index contributed by atoms with van der Waals surface area (Å²) in [5, 5.41) is 0. The van der Waals surface area contributed by atoms with Crippen LogP contribution in [-0.4, -0.2) is 13.4 Å². The highest BCUT2D eigenvalue weighted by Gasteiger charge is 2.49. The van der Waals surface area contributed by atoms with Crippen LogP contribution in [0.15, 0.2) is 346 Å². The molecule has 0 unspecified atom stereocenters. The van der Waals surface area contributed by atoms with E-state index in [9.17, 15) is 0 Å². The minimum Gasteiger partial charge on any atom is -0.458 e. The minimum absolute atomic E-state index is 0.216. The highest BCUT2D eigenvalue weighted by molar-refractivity contribution is 7.02. The van der Waals surface area contributed by atoms with Crippen molar-refractivity contribution >= 4 is 143 Å². The first-order valence-corrected chi connectivity index (χ1v) is 32.4. The average molecular weight is 1220 g/mol. The second-order valence-corrected chi connectivity index (χ2v) is 24.5. The predicted molar refractivity (Wildman–Crippen MR) is 397 cm³/mol. The third kappa shape index (κ3) is 9.08. The number of benzene rings is 13. The van der Waals surface area contributed by atoms with Crippen LogP contribution in [0.25, 0.3) is 0 Å². The lowest BCUT2D eigenvalue weighted by Crippen LogP contribution is -2.64. The van der Waals surface area contributed by atoms with Gasteiger partial charge in [-0.15, -0.1) is 0 Å². The average Bonchev–Trinajstić information content (AvgIpc) is 0.697. The van der Waals surface area contributed by atoms with Gasteiger partial charge in [0.25, 0.3) is 13.4 Å². The van der Waals surface area contributed by atoms with Gasteiger partial charge in [0.15, 0.2) is 11.5 Å². The molecule has 0 N–H and O–H groups in total. The van der Waals surface area contributed by atoms with Crippen LogP contribution >= 0.6 is 0 Å². The SMILES string of the molecule is C=C/C=C\C=C(/C)N(c1ccccc1)c1cc2c3c(c1)N(c1ccccc1)c1cc4c(cc1B3c1cc3c(cc1O2)N(c1ccccc1)c1ccccc1O3)B1c2ccccc2N(c2ccccc2)c2cc(N(c3ccccc3)c3ccccc3)cc(c21)N4c1ccccc1. The summed E-state index contributed by atoms with van der Waals surface area (Å²) in [7, 11) is 0. The highest BCUT2D eigenvalue weighted by atomic mass is 16.5. The van der Waals surface area contributed by atoms with Gasteiger partial charge in [0.05, 0.1) is 22.7 Å². The fourth-order valence-corrected chi connectivity index (χ4v) is 15.2. The number of ether oxygens (including phenoxy) is 2. The molecule has 0 aliphatic carbocycles. The van der Waals surface area contributed by atoms with E-state index in [1.165, 1.54) is 16.4 Å². The van der Waals surface area contributed by atoms with Crippen molar-refractivity contribution in [2.24, 2.45) is 0 Å². The quantitative estimate of drug-likeness (QED) is 0.0885. The molecule has 0 aromatic heterocycles. The first kappa shape index (κ1) is 55.5. The Labute approximate surface area is 554 Å². The fourth-order valence-electron chi connectivity index (χ4n) is 15.2. The van der Waals surface area contributed by atoms with E-state index in [2.05, 4.69) is 352 Å². The summed E-state index contributed by atoms with van der Waals surface area (Å²) in [6.07, 6.45) is 7.98. The standard InChI is InChI=1S/C85H60B2N6O2/c1-3-4-12-31-58(2)88(59-32-13-5-14-33-59)67-52-79-85-83(53-67)95-81-57-76-82(94-80-49-30-29-48-73(80)91(76)63-40-21-9-22-41-63)55-71(81)87(85)70-54-69-74(56-75(70)93(79)65-44-25-11-26-45-65)92(64-42-23-10-24-43-64)78-51-66(89(60-34-15-6-16-35-60)61-36-17-7-18-37-61)50-77-84(78)86(69)68-46-27-28-47-72(68)90(77)62-38-19-8-20-39-62/h3-57H,1H2,2H3/b12-4-,58-31+. The molecule has 0 radical (unpaired) electrons. The molecule has 0 bridgehead atoms. The third-order valence-electron chi connectivity index (χ3n) is 19.0. The van der Waals surface area contributed by atoms with E-state index >= 15 is 0 Å². The molecule has 0 saturated heterocycles. The van der Waals surface area contributed by atoms with Gasteiger partial charge in [-0.1, -0.05) is 189 Å². The lowest BCUT2D eigenvalue weighted by molar-refractivity contribution is 0.468. The maximum absolute atomic E-state index is 7.66. The summed E-state index contributed by atoms with van der Waals surface area (Å²) in [6, 6.07) is 112. The topological polar surface area (TPSA) is 37.9 Å². The second-order valence-electron chi connectivity index (χ2n) is 24.5. The molecule has 10 heteroatoms. The Morgan fingerprint density at radius 2 is 0.758 bits per heavy atom. The van der Waals surface area contributed by atoms with Crippen molar-refractivity contribution in [2.75, 3.05) is 29.4 Å². The Hall–Kier alpha value is -12.4. The van der Waals surface area contributed by atoms with Crippen molar-refractivity contribution in [1.82, 2.24) is 0 Å². The molecule has 95 heavy (non-hydrogen) atoms. The summed E-state index contributed by atoms with van der Waals surface area (Å²) in [5.74, 6) is 3.05. The first-order valence-electron chi connectivity index (χ1n) is 32.4. The van der Waals surface area contributed by atoms with Crippen LogP contribution in [0.2, 0.25) is 0 Å². The summed E-state index contributed by atoms with van der Waals surface area (Å²) in [5.41, 5.74) is 25.5. The Bertz CT molecular complexity index is 5170. The van der Waals surface area contributed by atoms with E-state index in [1.807, 2.05) is 24.3 Å². The zero-order chi connectivity index (χ0) is 63.1. The predicted octanol–water partition coefficient (Wildman–Crippen LogP) is 19.0. The number of fused-ring (bicyclic) bond motifs is 10. The maximum Gasteiger partial charge on any atom is 0.256 e. The van der Waals surface area contributed by atoms with E-state index in [4.69, 9.17) is 9.47 Å². The molecule has 0 atom stereocenters. The zero-order valence-electron chi connectivity index (χ0n) is 52.1. The molecule has 448 valence electrons. The van der Waals surface area contributed by atoms with Gasteiger partial charge in [-0.25, -0.2) is 0 Å². The van der Waals surface area contributed by atoms with Crippen molar-refractivity contribution in [2.45, 2.75) is 6.92 Å². The molecular formula is C85H60B2N6O2. The van der Waals surface area contributed by atoms with Gasteiger partial charge in [0.1, 0.15) is 11.5 Å². The van der Waals surface area contributed by atoms with Gasteiger partial charge in [0.2, 0.25) is 0 Å². The molecule has 0 saturated carbocycles. The zero-order valence-corrected chi connectivity index (χ0v) is 52.1. The molecule has 0 spiro atoms. The Morgan fingerprint density at radius 1 is 0.316 bits per heavy atom. The molecule has 8 nitrogen and oxygen atoms in total. The summed E-state index contributed by atoms with van der Waals surface area (Å²) >= 11 is 0. The number of anilines is 17. The smallest absolute Gasteiger partial charge is 0.256 e.